The van der Waals surface area contributed by atoms with Crippen LogP contribution in [0.3, 0.4) is 0 Å². The fraction of sp³-hybridized carbons (Fsp3) is 0.318. The highest BCUT2D eigenvalue weighted by Crippen LogP contribution is 2.32. The van der Waals surface area contributed by atoms with E-state index in [9.17, 15) is 4.79 Å². The van der Waals surface area contributed by atoms with Crippen LogP contribution < -0.4 is 5.32 Å². The molecular formula is C22H24N2O2. The third-order valence-corrected chi connectivity index (χ3v) is 5.13. The Hall–Kier alpha value is -2.59. The Morgan fingerprint density at radius 1 is 1.23 bits per heavy atom. The molecule has 0 radical (unpaired) electrons. The molecule has 3 aromatic rings. The number of H-pyrrole nitrogens is 1. The molecule has 4 nitrogen and oxygen atoms in total. The van der Waals surface area contributed by atoms with Crippen molar-refractivity contribution in [2.75, 3.05) is 6.61 Å². The molecule has 1 aromatic heterocycles. The van der Waals surface area contributed by atoms with E-state index >= 15 is 0 Å². The fourth-order valence-corrected chi connectivity index (χ4v) is 3.77. The predicted molar refractivity (Wildman–Crippen MR) is 104 cm³/mol. The van der Waals surface area contributed by atoms with E-state index in [1.807, 2.05) is 18.2 Å². The van der Waals surface area contributed by atoms with Crippen molar-refractivity contribution < 1.29 is 9.53 Å². The Kier molecular flexibility index (Phi) is 4.51. The molecule has 1 aliphatic rings. The van der Waals surface area contributed by atoms with Crippen molar-refractivity contribution in [3.8, 4) is 11.3 Å². The molecule has 0 spiro atoms. The van der Waals surface area contributed by atoms with E-state index in [1.165, 1.54) is 22.1 Å². The zero-order chi connectivity index (χ0) is 18.1. The predicted octanol–water partition coefficient (Wildman–Crippen LogP) is 4.25. The van der Waals surface area contributed by atoms with Gasteiger partial charge in [-0.2, -0.15) is 0 Å². The lowest BCUT2D eigenvalue weighted by atomic mass is 10.0. The molecule has 0 saturated carbocycles. The molecule has 2 heterocycles. The van der Waals surface area contributed by atoms with Crippen molar-refractivity contribution in [2.45, 2.75) is 39.3 Å². The second kappa shape index (κ2) is 6.96. The first-order valence-electron chi connectivity index (χ1n) is 9.20. The monoisotopic (exact) mass is 348 g/mol. The average molecular weight is 348 g/mol. The number of carbonyl (C=O) groups is 1. The summed E-state index contributed by atoms with van der Waals surface area (Å²) in [5.41, 5.74) is 6.95. The normalized spacial score (nSPS) is 16.9. The average Bonchev–Trinajstić information content (AvgIpc) is 3.29. The molecule has 0 unspecified atom stereocenters. The zero-order valence-corrected chi connectivity index (χ0v) is 15.3. The number of hydrogen-bond donors (Lipinski definition) is 2. The van der Waals surface area contributed by atoms with Crippen LogP contribution in [0, 0.1) is 13.8 Å². The van der Waals surface area contributed by atoms with Crippen LogP contribution in [-0.2, 0) is 16.1 Å². The second-order valence-corrected chi connectivity index (χ2v) is 7.06. The van der Waals surface area contributed by atoms with Gasteiger partial charge in [-0.3, -0.25) is 4.79 Å². The summed E-state index contributed by atoms with van der Waals surface area (Å²) < 4.78 is 5.48. The second-order valence-electron chi connectivity index (χ2n) is 7.06. The van der Waals surface area contributed by atoms with Gasteiger partial charge in [0.05, 0.1) is 5.52 Å². The minimum Gasteiger partial charge on any atom is -0.368 e. The van der Waals surface area contributed by atoms with Crippen molar-refractivity contribution in [2.24, 2.45) is 0 Å². The van der Waals surface area contributed by atoms with Gasteiger partial charge in [0.1, 0.15) is 6.10 Å². The first kappa shape index (κ1) is 16.9. The molecule has 0 aliphatic carbocycles. The van der Waals surface area contributed by atoms with E-state index in [-0.39, 0.29) is 12.0 Å². The van der Waals surface area contributed by atoms with Crippen LogP contribution in [0.4, 0.5) is 0 Å². The van der Waals surface area contributed by atoms with Crippen molar-refractivity contribution in [1.82, 2.24) is 10.3 Å². The number of amides is 1. The molecular weight excluding hydrogens is 324 g/mol. The van der Waals surface area contributed by atoms with Gasteiger partial charge in [-0.15, -0.1) is 0 Å². The summed E-state index contributed by atoms with van der Waals surface area (Å²) in [5, 5.41) is 4.26. The van der Waals surface area contributed by atoms with E-state index in [4.69, 9.17) is 4.74 Å². The quantitative estimate of drug-likeness (QED) is 0.741. The largest absolute Gasteiger partial charge is 0.368 e. The summed E-state index contributed by atoms with van der Waals surface area (Å²) in [7, 11) is 0. The molecule has 134 valence electrons. The fourth-order valence-electron chi connectivity index (χ4n) is 3.77. The first-order valence-corrected chi connectivity index (χ1v) is 9.20. The molecule has 1 amide bonds. The van der Waals surface area contributed by atoms with Crippen LogP contribution in [0.1, 0.15) is 29.5 Å². The standard InChI is InChI=1S/C22H24N2O2/c1-14-11-17(13-23-22(25)19-9-6-10-26-19)21-18(12-14)15(2)20(24-21)16-7-4-3-5-8-16/h3-5,7-8,11-12,19,24H,6,9-10,13H2,1-2H3,(H,23,25)/t19-/m0/s1. The van der Waals surface area contributed by atoms with Gasteiger partial charge >= 0.3 is 0 Å². The van der Waals surface area contributed by atoms with Crippen molar-refractivity contribution in [3.05, 3.63) is 59.2 Å². The highest BCUT2D eigenvalue weighted by Gasteiger charge is 2.23. The first-order chi connectivity index (χ1) is 12.6. The number of aromatic nitrogens is 1. The number of hydrogen-bond acceptors (Lipinski definition) is 2. The van der Waals surface area contributed by atoms with E-state index in [2.05, 4.69) is 48.4 Å². The van der Waals surface area contributed by atoms with E-state index in [0.29, 0.717) is 13.2 Å². The number of aromatic amines is 1. The third-order valence-electron chi connectivity index (χ3n) is 5.13. The van der Waals surface area contributed by atoms with E-state index < -0.39 is 0 Å². The lowest BCUT2D eigenvalue weighted by molar-refractivity contribution is -0.130. The molecule has 2 aromatic carbocycles. The van der Waals surface area contributed by atoms with Crippen LogP contribution >= 0.6 is 0 Å². The molecule has 1 fully saturated rings. The summed E-state index contributed by atoms with van der Waals surface area (Å²) in [5.74, 6) is -0.0104. The summed E-state index contributed by atoms with van der Waals surface area (Å²) >= 11 is 0. The van der Waals surface area contributed by atoms with Gasteiger partial charge < -0.3 is 15.0 Å². The van der Waals surface area contributed by atoms with Gasteiger partial charge in [0.25, 0.3) is 0 Å². The summed E-state index contributed by atoms with van der Waals surface area (Å²) in [6, 6.07) is 14.7. The maximum atomic E-state index is 12.3. The van der Waals surface area contributed by atoms with Crippen LogP contribution in [-0.4, -0.2) is 23.6 Å². The molecule has 4 rings (SSSR count). The minimum atomic E-state index is -0.291. The lowest BCUT2D eigenvalue weighted by Gasteiger charge is -2.11. The van der Waals surface area contributed by atoms with E-state index in [0.717, 1.165) is 29.6 Å². The highest BCUT2D eigenvalue weighted by molar-refractivity contribution is 5.93. The number of rotatable bonds is 4. The maximum Gasteiger partial charge on any atom is 0.249 e. The number of fused-ring (bicyclic) bond motifs is 1. The lowest BCUT2D eigenvalue weighted by Crippen LogP contribution is -2.33. The number of ether oxygens (including phenoxy) is 1. The van der Waals surface area contributed by atoms with Crippen molar-refractivity contribution in [3.63, 3.8) is 0 Å². The van der Waals surface area contributed by atoms with Gasteiger partial charge in [0.15, 0.2) is 0 Å². The molecule has 1 saturated heterocycles. The Morgan fingerprint density at radius 2 is 2.04 bits per heavy atom. The van der Waals surface area contributed by atoms with Crippen molar-refractivity contribution >= 4 is 16.8 Å². The van der Waals surface area contributed by atoms with E-state index in [1.54, 1.807) is 0 Å². The number of nitrogens with one attached hydrogen (secondary N) is 2. The Morgan fingerprint density at radius 3 is 2.77 bits per heavy atom. The minimum absolute atomic E-state index is 0.0104. The SMILES string of the molecule is Cc1cc(CNC(=O)[C@@H]2CCCO2)c2[nH]c(-c3ccccc3)c(C)c2c1. The van der Waals surface area contributed by atoms with Gasteiger partial charge in [0, 0.05) is 24.2 Å². The number of carbonyl (C=O) groups excluding carboxylic acids is 1. The molecule has 1 aliphatic heterocycles. The molecule has 2 N–H and O–H groups in total. The van der Waals surface area contributed by atoms with Gasteiger partial charge in [-0.25, -0.2) is 0 Å². The summed E-state index contributed by atoms with van der Waals surface area (Å²) in [6.45, 7) is 5.43. The number of benzene rings is 2. The molecule has 0 bridgehead atoms. The van der Waals surface area contributed by atoms with Crippen LogP contribution in [0.15, 0.2) is 42.5 Å². The zero-order valence-electron chi connectivity index (χ0n) is 15.3. The van der Waals surface area contributed by atoms with Gasteiger partial charge in [-0.05, 0) is 49.4 Å². The van der Waals surface area contributed by atoms with Crippen LogP contribution in [0.2, 0.25) is 0 Å². The Bertz CT molecular complexity index is 938. The third kappa shape index (κ3) is 3.13. The maximum absolute atomic E-state index is 12.3. The summed E-state index contributed by atoms with van der Waals surface area (Å²) in [6.07, 6.45) is 1.48. The molecule has 4 heteroatoms. The molecule has 1 atom stereocenters. The van der Waals surface area contributed by atoms with Crippen molar-refractivity contribution in [1.29, 1.82) is 0 Å². The topological polar surface area (TPSA) is 54.1 Å². The van der Waals surface area contributed by atoms with Gasteiger partial charge in [-0.1, -0.05) is 42.0 Å². The Labute approximate surface area is 153 Å². The smallest absolute Gasteiger partial charge is 0.249 e. The van der Waals surface area contributed by atoms with Gasteiger partial charge in [0.2, 0.25) is 5.91 Å². The molecule has 26 heavy (non-hydrogen) atoms. The van der Waals surface area contributed by atoms with Crippen LogP contribution in [0.5, 0.6) is 0 Å². The number of aryl methyl sites for hydroxylation is 2. The highest BCUT2D eigenvalue weighted by atomic mass is 16.5. The summed E-state index contributed by atoms with van der Waals surface area (Å²) in [4.78, 5) is 15.9. The van der Waals surface area contributed by atoms with Crippen LogP contribution in [0.25, 0.3) is 22.2 Å². The Balaban J connectivity index is 1.67.